The number of carbonyl (C=O) groups excluding carboxylic acids is 1. The zero-order valence-corrected chi connectivity index (χ0v) is 11.8. The first-order chi connectivity index (χ1) is 8.66. The third kappa shape index (κ3) is 3.34. The van der Waals surface area contributed by atoms with Gasteiger partial charge in [0.15, 0.2) is 5.78 Å². The molecule has 0 spiro atoms. The molecule has 92 valence electrons. The van der Waals surface area contributed by atoms with Crippen LogP contribution in [0, 0.1) is 0 Å². The van der Waals surface area contributed by atoms with Crippen LogP contribution in [-0.4, -0.2) is 12.3 Å². The summed E-state index contributed by atoms with van der Waals surface area (Å²) in [7, 11) is 0. The molecule has 0 aliphatic carbocycles. The van der Waals surface area contributed by atoms with Gasteiger partial charge >= 0.3 is 0 Å². The Morgan fingerprint density at radius 2 is 1.78 bits per heavy atom. The lowest BCUT2D eigenvalue weighted by molar-refractivity contribution is 0.101. The van der Waals surface area contributed by atoms with Crippen molar-refractivity contribution < 1.29 is 4.79 Å². The Hall–Kier alpha value is -1.32. The summed E-state index contributed by atoms with van der Waals surface area (Å²) in [6.45, 7) is 0.254. The number of ketones is 1. The fraction of sp³-hybridized carbons (Fsp3) is 0.0714. The van der Waals surface area contributed by atoms with E-state index >= 15 is 0 Å². The van der Waals surface area contributed by atoms with Crippen molar-refractivity contribution in [3.63, 3.8) is 0 Å². The lowest BCUT2D eigenvalue weighted by Crippen LogP contribution is -2.14. The molecule has 0 fully saturated rings. The van der Waals surface area contributed by atoms with Crippen LogP contribution < -0.4 is 5.32 Å². The number of nitrogens with one attached hydrogen (secondary N) is 1. The van der Waals surface area contributed by atoms with Crippen LogP contribution in [-0.2, 0) is 0 Å². The molecule has 0 aliphatic rings. The van der Waals surface area contributed by atoms with E-state index in [1.54, 1.807) is 24.3 Å². The van der Waals surface area contributed by atoms with Crippen molar-refractivity contribution in [3.8, 4) is 0 Å². The third-order valence-corrected chi connectivity index (χ3v) is 3.42. The SMILES string of the molecule is O=C(CNc1ccccc1Br)c1ccc(Cl)cc1. The lowest BCUT2D eigenvalue weighted by atomic mass is 10.1. The topological polar surface area (TPSA) is 29.1 Å². The summed E-state index contributed by atoms with van der Waals surface area (Å²) in [5, 5.41) is 3.73. The van der Waals surface area contributed by atoms with E-state index in [1.807, 2.05) is 24.3 Å². The number of para-hydroxylation sites is 1. The van der Waals surface area contributed by atoms with Gasteiger partial charge in [-0.05, 0) is 52.3 Å². The number of anilines is 1. The average molecular weight is 325 g/mol. The molecule has 2 nitrogen and oxygen atoms in total. The van der Waals surface area contributed by atoms with Gasteiger partial charge in [-0.3, -0.25) is 4.79 Å². The van der Waals surface area contributed by atoms with E-state index < -0.39 is 0 Å². The predicted molar refractivity (Wildman–Crippen MR) is 78.4 cm³/mol. The molecule has 0 amide bonds. The second kappa shape index (κ2) is 6.03. The number of hydrogen-bond acceptors (Lipinski definition) is 2. The lowest BCUT2D eigenvalue weighted by Gasteiger charge is -2.07. The maximum absolute atomic E-state index is 11.9. The number of carbonyl (C=O) groups is 1. The summed E-state index contributed by atoms with van der Waals surface area (Å²) in [4.78, 5) is 11.9. The van der Waals surface area contributed by atoms with Crippen LogP contribution in [0.25, 0.3) is 0 Å². The number of benzene rings is 2. The Morgan fingerprint density at radius 1 is 1.11 bits per heavy atom. The molecule has 1 N–H and O–H groups in total. The maximum Gasteiger partial charge on any atom is 0.181 e. The Balaban J connectivity index is 2.01. The van der Waals surface area contributed by atoms with Gasteiger partial charge in [-0.15, -0.1) is 0 Å². The van der Waals surface area contributed by atoms with Crippen LogP contribution in [0.4, 0.5) is 5.69 Å². The van der Waals surface area contributed by atoms with Crippen molar-refractivity contribution in [2.75, 3.05) is 11.9 Å². The van der Waals surface area contributed by atoms with E-state index in [1.165, 1.54) is 0 Å². The van der Waals surface area contributed by atoms with Gasteiger partial charge in [0.2, 0.25) is 0 Å². The Kier molecular flexibility index (Phi) is 4.39. The van der Waals surface area contributed by atoms with Gasteiger partial charge in [0.1, 0.15) is 0 Å². The molecule has 4 heteroatoms. The summed E-state index contributed by atoms with van der Waals surface area (Å²) >= 11 is 9.20. The number of halogens is 2. The fourth-order valence-corrected chi connectivity index (χ4v) is 2.07. The number of hydrogen-bond donors (Lipinski definition) is 1. The van der Waals surface area contributed by atoms with Crippen LogP contribution in [0.1, 0.15) is 10.4 Å². The predicted octanol–water partition coefficient (Wildman–Crippen LogP) is 4.40. The molecule has 2 rings (SSSR count). The van der Waals surface area contributed by atoms with Crippen molar-refractivity contribution in [1.29, 1.82) is 0 Å². The van der Waals surface area contributed by atoms with Crippen molar-refractivity contribution in [3.05, 3.63) is 63.6 Å². The molecule has 0 saturated carbocycles. The summed E-state index contributed by atoms with van der Waals surface area (Å²) in [5.74, 6) is 0.0300. The first kappa shape index (κ1) is 13.1. The second-order valence-corrected chi connectivity index (χ2v) is 5.05. The monoisotopic (exact) mass is 323 g/mol. The van der Waals surface area contributed by atoms with E-state index in [4.69, 9.17) is 11.6 Å². The molecule has 2 aromatic rings. The Bertz CT molecular complexity index is 554. The molecule has 0 aromatic heterocycles. The molecular weight excluding hydrogens is 314 g/mol. The highest BCUT2D eigenvalue weighted by atomic mass is 79.9. The van der Waals surface area contributed by atoms with Crippen LogP contribution in [0.5, 0.6) is 0 Å². The van der Waals surface area contributed by atoms with Gasteiger partial charge in [0.05, 0.1) is 6.54 Å². The Morgan fingerprint density at radius 3 is 2.44 bits per heavy atom. The largest absolute Gasteiger partial charge is 0.377 e. The zero-order valence-electron chi connectivity index (χ0n) is 9.49. The van der Waals surface area contributed by atoms with Crippen molar-refractivity contribution in [2.24, 2.45) is 0 Å². The van der Waals surface area contributed by atoms with Crippen molar-refractivity contribution in [1.82, 2.24) is 0 Å². The van der Waals surface area contributed by atoms with E-state index in [-0.39, 0.29) is 12.3 Å². The number of Topliss-reactive ketones (excluding diaryl/α,β-unsaturated/α-hetero) is 1. The van der Waals surface area contributed by atoms with Crippen molar-refractivity contribution >= 4 is 39.0 Å². The highest BCUT2D eigenvalue weighted by Gasteiger charge is 2.06. The average Bonchev–Trinajstić information content (AvgIpc) is 2.38. The molecule has 2 aromatic carbocycles. The summed E-state index contributed by atoms with van der Waals surface area (Å²) in [6.07, 6.45) is 0. The van der Waals surface area contributed by atoms with Gasteiger partial charge in [-0.25, -0.2) is 0 Å². The molecular formula is C14H11BrClNO. The molecule has 0 atom stereocenters. The standard InChI is InChI=1S/C14H11BrClNO/c15-12-3-1-2-4-13(12)17-9-14(18)10-5-7-11(16)8-6-10/h1-8,17H,9H2. The molecule has 0 heterocycles. The quantitative estimate of drug-likeness (QED) is 0.845. The molecule has 0 unspecified atom stereocenters. The van der Waals surface area contributed by atoms with E-state index in [9.17, 15) is 4.79 Å². The van der Waals surface area contributed by atoms with Gasteiger partial charge in [0, 0.05) is 20.7 Å². The third-order valence-electron chi connectivity index (χ3n) is 2.48. The fourth-order valence-electron chi connectivity index (χ4n) is 1.52. The summed E-state index contributed by atoms with van der Waals surface area (Å²) in [5.41, 5.74) is 1.55. The van der Waals surface area contributed by atoms with Gasteiger partial charge in [-0.1, -0.05) is 23.7 Å². The minimum absolute atomic E-state index is 0.0300. The normalized spacial score (nSPS) is 10.1. The highest BCUT2D eigenvalue weighted by molar-refractivity contribution is 9.10. The van der Waals surface area contributed by atoms with Crippen LogP contribution in [0.3, 0.4) is 0 Å². The minimum atomic E-state index is 0.0300. The minimum Gasteiger partial charge on any atom is -0.377 e. The van der Waals surface area contributed by atoms with Gasteiger partial charge in [0.25, 0.3) is 0 Å². The van der Waals surface area contributed by atoms with Crippen LogP contribution in [0.2, 0.25) is 5.02 Å². The number of rotatable bonds is 4. The van der Waals surface area contributed by atoms with E-state index in [0.29, 0.717) is 10.6 Å². The Labute approximate surface area is 119 Å². The first-order valence-corrected chi connectivity index (χ1v) is 6.61. The smallest absolute Gasteiger partial charge is 0.181 e. The summed E-state index contributed by atoms with van der Waals surface area (Å²) in [6, 6.07) is 14.6. The molecule has 18 heavy (non-hydrogen) atoms. The van der Waals surface area contributed by atoms with Crippen LogP contribution >= 0.6 is 27.5 Å². The second-order valence-electron chi connectivity index (χ2n) is 3.76. The van der Waals surface area contributed by atoms with Crippen molar-refractivity contribution in [2.45, 2.75) is 0 Å². The molecule has 0 saturated heterocycles. The highest BCUT2D eigenvalue weighted by Crippen LogP contribution is 2.21. The first-order valence-electron chi connectivity index (χ1n) is 5.44. The zero-order chi connectivity index (χ0) is 13.0. The molecule has 0 bridgehead atoms. The van der Waals surface area contributed by atoms with E-state index in [2.05, 4.69) is 21.2 Å². The van der Waals surface area contributed by atoms with Gasteiger partial charge < -0.3 is 5.32 Å². The maximum atomic E-state index is 11.9. The van der Waals surface area contributed by atoms with Gasteiger partial charge in [-0.2, -0.15) is 0 Å². The van der Waals surface area contributed by atoms with E-state index in [0.717, 1.165) is 10.2 Å². The van der Waals surface area contributed by atoms with Crippen LogP contribution in [0.15, 0.2) is 53.0 Å². The molecule has 0 aliphatic heterocycles. The molecule has 0 radical (unpaired) electrons. The summed E-state index contributed by atoms with van der Waals surface area (Å²) < 4.78 is 0.939.